The van der Waals surface area contributed by atoms with Gasteiger partial charge in [-0.25, -0.2) is 9.78 Å². The van der Waals surface area contributed by atoms with Crippen molar-refractivity contribution in [3.05, 3.63) is 72.7 Å². The Labute approximate surface area is 162 Å². The van der Waals surface area contributed by atoms with E-state index in [0.717, 1.165) is 5.69 Å². The highest BCUT2D eigenvalue weighted by Gasteiger charge is 2.15. The highest BCUT2D eigenvalue weighted by atomic mass is 16.2. The summed E-state index contributed by atoms with van der Waals surface area (Å²) in [6.07, 6.45) is 4.61. The number of amides is 3. The van der Waals surface area contributed by atoms with E-state index in [0.29, 0.717) is 29.3 Å². The molecule has 4 N–H and O–H groups in total. The summed E-state index contributed by atoms with van der Waals surface area (Å²) in [6.45, 7) is 2.31. The largest absolute Gasteiger partial charge is 0.355 e. The Hall–Kier alpha value is -3.94. The van der Waals surface area contributed by atoms with Gasteiger partial charge in [0.15, 0.2) is 0 Å². The second kappa shape index (κ2) is 9.13. The SMILES string of the molecule is CCNC(=O)Nc1cc(Nc2ccccc2)c(C(=O)Nc2ccncc2)cn1. The quantitative estimate of drug-likeness (QED) is 0.526. The molecular formula is C20H20N6O2. The van der Waals surface area contributed by atoms with Gasteiger partial charge >= 0.3 is 6.03 Å². The lowest BCUT2D eigenvalue weighted by Gasteiger charge is -2.14. The third-order valence-electron chi connectivity index (χ3n) is 3.72. The number of para-hydroxylation sites is 1. The average Bonchev–Trinajstić information content (AvgIpc) is 2.70. The van der Waals surface area contributed by atoms with Crippen LogP contribution in [0.3, 0.4) is 0 Å². The minimum Gasteiger partial charge on any atom is -0.355 e. The van der Waals surface area contributed by atoms with Crippen LogP contribution < -0.4 is 21.3 Å². The molecule has 0 atom stereocenters. The fraction of sp³-hybridized carbons (Fsp3) is 0.100. The van der Waals surface area contributed by atoms with Crippen molar-refractivity contribution in [1.29, 1.82) is 0 Å². The first-order valence-corrected chi connectivity index (χ1v) is 8.74. The van der Waals surface area contributed by atoms with Crippen LogP contribution in [0.2, 0.25) is 0 Å². The van der Waals surface area contributed by atoms with E-state index in [9.17, 15) is 9.59 Å². The first-order valence-electron chi connectivity index (χ1n) is 8.74. The summed E-state index contributed by atoms with van der Waals surface area (Å²) in [5.74, 6) is -0.00784. The fourth-order valence-corrected chi connectivity index (χ4v) is 2.44. The van der Waals surface area contributed by atoms with E-state index in [-0.39, 0.29) is 11.9 Å². The number of pyridine rings is 2. The maximum Gasteiger partial charge on any atom is 0.320 e. The van der Waals surface area contributed by atoms with Crippen molar-refractivity contribution >= 4 is 34.8 Å². The van der Waals surface area contributed by atoms with Crippen LogP contribution in [0.1, 0.15) is 17.3 Å². The van der Waals surface area contributed by atoms with Gasteiger partial charge in [-0.2, -0.15) is 0 Å². The second-order valence-corrected chi connectivity index (χ2v) is 5.78. The van der Waals surface area contributed by atoms with Crippen LogP contribution in [-0.4, -0.2) is 28.5 Å². The Balaban J connectivity index is 1.88. The molecule has 28 heavy (non-hydrogen) atoms. The second-order valence-electron chi connectivity index (χ2n) is 5.78. The molecule has 0 unspecified atom stereocenters. The van der Waals surface area contributed by atoms with E-state index in [1.807, 2.05) is 37.3 Å². The minimum absolute atomic E-state index is 0.324. The standard InChI is InChI=1S/C20H20N6O2/c1-2-22-20(28)26-18-12-17(24-14-6-4-3-5-7-14)16(13-23-18)19(27)25-15-8-10-21-11-9-15/h3-13H,2H2,1H3,(H,21,25,27)(H3,22,23,24,26,28). The number of anilines is 4. The predicted molar refractivity (Wildman–Crippen MR) is 109 cm³/mol. The molecule has 0 aliphatic rings. The number of hydrogen-bond donors (Lipinski definition) is 4. The van der Waals surface area contributed by atoms with Gasteiger partial charge in [0.2, 0.25) is 0 Å². The number of carbonyl (C=O) groups is 2. The van der Waals surface area contributed by atoms with E-state index in [2.05, 4.69) is 31.2 Å². The van der Waals surface area contributed by atoms with Crippen LogP contribution in [-0.2, 0) is 0 Å². The lowest BCUT2D eigenvalue weighted by atomic mass is 10.2. The van der Waals surface area contributed by atoms with Gasteiger partial charge in [0, 0.05) is 42.6 Å². The van der Waals surface area contributed by atoms with Crippen molar-refractivity contribution in [2.45, 2.75) is 6.92 Å². The number of rotatable bonds is 6. The van der Waals surface area contributed by atoms with Crippen LogP contribution in [0.4, 0.5) is 27.7 Å². The Bertz CT molecular complexity index is 947. The molecule has 1 aromatic carbocycles. The van der Waals surface area contributed by atoms with Gasteiger partial charge in [-0.05, 0) is 31.2 Å². The van der Waals surface area contributed by atoms with E-state index in [4.69, 9.17) is 0 Å². The van der Waals surface area contributed by atoms with E-state index < -0.39 is 0 Å². The number of nitrogens with zero attached hydrogens (tertiary/aromatic N) is 2. The molecule has 0 aliphatic heterocycles. The number of aromatic nitrogens is 2. The molecule has 0 spiro atoms. The number of benzene rings is 1. The molecule has 142 valence electrons. The summed E-state index contributed by atoms with van der Waals surface area (Å²) in [5, 5.41) is 11.3. The van der Waals surface area contributed by atoms with Crippen molar-refractivity contribution in [2.75, 3.05) is 22.5 Å². The molecule has 3 amide bonds. The highest BCUT2D eigenvalue weighted by Crippen LogP contribution is 2.24. The molecule has 0 radical (unpaired) electrons. The van der Waals surface area contributed by atoms with Gasteiger partial charge in [-0.15, -0.1) is 0 Å². The zero-order valence-corrected chi connectivity index (χ0v) is 15.3. The van der Waals surface area contributed by atoms with Gasteiger partial charge in [0.1, 0.15) is 5.82 Å². The van der Waals surface area contributed by atoms with E-state index in [1.165, 1.54) is 6.20 Å². The predicted octanol–water partition coefficient (Wildman–Crippen LogP) is 3.61. The summed E-state index contributed by atoms with van der Waals surface area (Å²) in [7, 11) is 0. The lowest BCUT2D eigenvalue weighted by Crippen LogP contribution is -2.28. The van der Waals surface area contributed by atoms with Crippen molar-refractivity contribution < 1.29 is 9.59 Å². The monoisotopic (exact) mass is 376 g/mol. The maximum atomic E-state index is 12.7. The molecule has 0 saturated heterocycles. The van der Waals surface area contributed by atoms with Gasteiger partial charge in [-0.3, -0.25) is 15.1 Å². The van der Waals surface area contributed by atoms with Crippen LogP contribution in [0.25, 0.3) is 0 Å². The average molecular weight is 376 g/mol. The Morgan fingerprint density at radius 2 is 1.71 bits per heavy atom. The maximum absolute atomic E-state index is 12.7. The number of urea groups is 1. The van der Waals surface area contributed by atoms with Gasteiger partial charge in [0.25, 0.3) is 5.91 Å². The van der Waals surface area contributed by atoms with Crippen LogP contribution >= 0.6 is 0 Å². The fourth-order valence-electron chi connectivity index (χ4n) is 2.44. The Morgan fingerprint density at radius 1 is 0.964 bits per heavy atom. The van der Waals surface area contributed by atoms with Gasteiger partial charge in [0.05, 0.1) is 11.3 Å². The highest BCUT2D eigenvalue weighted by molar-refractivity contribution is 6.08. The molecule has 0 fully saturated rings. The van der Waals surface area contributed by atoms with Crippen molar-refractivity contribution in [2.24, 2.45) is 0 Å². The first-order chi connectivity index (χ1) is 13.7. The molecule has 0 saturated carbocycles. The van der Waals surface area contributed by atoms with Crippen LogP contribution in [0.15, 0.2) is 67.1 Å². The molecule has 0 aliphatic carbocycles. The summed E-state index contributed by atoms with van der Waals surface area (Å²) in [5.41, 5.74) is 2.27. The molecular weight excluding hydrogens is 356 g/mol. The molecule has 3 rings (SSSR count). The van der Waals surface area contributed by atoms with E-state index >= 15 is 0 Å². The first kappa shape index (κ1) is 18.8. The zero-order valence-electron chi connectivity index (χ0n) is 15.3. The molecule has 8 nitrogen and oxygen atoms in total. The zero-order chi connectivity index (χ0) is 19.8. The Morgan fingerprint density at radius 3 is 2.43 bits per heavy atom. The smallest absolute Gasteiger partial charge is 0.320 e. The molecule has 3 aromatic rings. The molecule has 0 bridgehead atoms. The summed E-state index contributed by atoms with van der Waals surface area (Å²) < 4.78 is 0. The third kappa shape index (κ3) is 5.04. The Kier molecular flexibility index (Phi) is 6.14. The molecule has 2 heterocycles. The summed E-state index contributed by atoms with van der Waals surface area (Å²) >= 11 is 0. The topological polar surface area (TPSA) is 108 Å². The van der Waals surface area contributed by atoms with Gasteiger partial charge < -0.3 is 16.0 Å². The van der Waals surface area contributed by atoms with Crippen LogP contribution in [0.5, 0.6) is 0 Å². The summed E-state index contributed by atoms with van der Waals surface area (Å²) in [4.78, 5) is 32.6. The number of carbonyl (C=O) groups excluding carboxylic acids is 2. The lowest BCUT2D eigenvalue weighted by molar-refractivity contribution is 0.102. The summed E-state index contributed by atoms with van der Waals surface area (Å²) in [6, 6.07) is 14.1. The van der Waals surface area contributed by atoms with E-state index in [1.54, 1.807) is 30.6 Å². The van der Waals surface area contributed by atoms with Gasteiger partial charge in [-0.1, -0.05) is 18.2 Å². The molecule has 8 heteroatoms. The van der Waals surface area contributed by atoms with Crippen molar-refractivity contribution in [3.8, 4) is 0 Å². The van der Waals surface area contributed by atoms with Crippen LogP contribution in [0, 0.1) is 0 Å². The third-order valence-corrected chi connectivity index (χ3v) is 3.72. The molecule has 2 aromatic heterocycles. The number of hydrogen-bond acceptors (Lipinski definition) is 5. The normalized spacial score (nSPS) is 10.0. The number of nitrogens with one attached hydrogen (secondary N) is 4. The van der Waals surface area contributed by atoms with Crippen molar-refractivity contribution in [3.63, 3.8) is 0 Å². The van der Waals surface area contributed by atoms with Crippen molar-refractivity contribution in [1.82, 2.24) is 15.3 Å². The minimum atomic E-state index is -0.366.